The van der Waals surface area contributed by atoms with Gasteiger partial charge in [-0.2, -0.15) is 0 Å². The minimum atomic E-state index is -0.286. The van der Waals surface area contributed by atoms with Crippen molar-refractivity contribution in [1.82, 2.24) is 9.97 Å². The smallest absolute Gasteiger partial charge is 0.253 e. The van der Waals surface area contributed by atoms with Crippen LogP contribution in [-0.2, 0) is 4.79 Å². The largest absolute Gasteiger partial charge is 0.311 e. The molecule has 2 heterocycles. The van der Waals surface area contributed by atoms with Gasteiger partial charge >= 0.3 is 0 Å². The van der Waals surface area contributed by atoms with Gasteiger partial charge in [-0.15, -0.1) is 0 Å². The Labute approximate surface area is 120 Å². The first-order chi connectivity index (χ1) is 9.52. The lowest BCUT2D eigenvalue weighted by molar-refractivity contribution is -0.114. The van der Waals surface area contributed by atoms with Crippen molar-refractivity contribution in [2.75, 3.05) is 11.1 Å². The number of nitrogens with one attached hydrogen (secondary N) is 2. The van der Waals surface area contributed by atoms with Crippen LogP contribution in [0.4, 0.5) is 5.82 Å². The zero-order chi connectivity index (χ0) is 14.5. The molecule has 0 bridgehead atoms. The summed E-state index contributed by atoms with van der Waals surface area (Å²) in [5.74, 6) is 0.696. The first-order valence-electron chi connectivity index (χ1n) is 6.27. The zero-order valence-corrected chi connectivity index (χ0v) is 12.2. The van der Waals surface area contributed by atoms with E-state index in [1.807, 2.05) is 6.21 Å². The molecular weight excluding hydrogens is 276 g/mol. The molecule has 0 aliphatic carbocycles. The molecule has 0 fully saturated rings. The molecular formula is C13H16N4O2S. The van der Waals surface area contributed by atoms with Gasteiger partial charge in [0.1, 0.15) is 5.82 Å². The van der Waals surface area contributed by atoms with E-state index in [2.05, 4.69) is 33.3 Å². The third-order valence-corrected chi connectivity index (χ3v) is 3.56. The van der Waals surface area contributed by atoms with Crippen molar-refractivity contribution < 1.29 is 4.79 Å². The predicted octanol–water partition coefficient (Wildman–Crippen LogP) is 1.61. The Kier molecular flexibility index (Phi) is 4.73. The fourth-order valence-electron chi connectivity index (χ4n) is 1.65. The number of dihydropyridines is 1. The molecule has 1 aliphatic rings. The van der Waals surface area contributed by atoms with Crippen LogP contribution in [0.2, 0.25) is 0 Å². The quantitative estimate of drug-likeness (QED) is 0.652. The summed E-state index contributed by atoms with van der Waals surface area (Å²) in [5.41, 5.74) is 0.826. The number of aromatic nitrogens is 2. The van der Waals surface area contributed by atoms with Crippen LogP contribution >= 0.6 is 11.8 Å². The molecule has 0 radical (unpaired) electrons. The first-order valence-corrected chi connectivity index (χ1v) is 7.25. The van der Waals surface area contributed by atoms with Gasteiger partial charge in [-0.1, -0.05) is 17.8 Å². The van der Waals surface area contributed by atoms with Gasteiger partial charge in [0.05, 0.1) is 6.04 Å². The fourth-order valence-corrected chi connectivity index (χ4v) is 2.49. The third-order valence-electron chi connectivity index (χ3n) is 2.62. The van der Waals surface area contributed by atoms with Crippen LogP contribution in [0, 0.1) is 0 Å². The van der Waals surface area contributed by atoms with E-state index in [0.717, 1.165) is 12.0 Å². The Balaban J connectivity index is 2.02. The highest BCUT2D eigenvalue weighted by molar-refractivity contribution is 7.99. The molecule has 7 heteroatoms. The number of aromatic amines is 1. The summed E-state index contributed by atoms with van der Waals surface area (Å²) in [6.45, 7) is 3.44. The van der Waals surface area contributed by atoms with Crippen molar-refractivity contribution in [2.45, 2.75) is 31.5 Å². The molecule has 0 saturated carbocycles. The van der Waals surface area contributed by atoms with E-state index in [-0.39, 0.29) is 17.3 Å². The monoisotopic (exact) mass is 292 g/mol. The number of hydrogen-bond acceptors (Lipinski definition) is 5. The molecule has 1 aliphatic heterocycles. The highest BCUT2D eigenvalue weighted by atomic mass is 32.2. The first kappa shape index (κ1) is 14.5. The van der Waals surface area contributed by atoms with E-state index in [1.165, 1.54) is 24.8 Å². The van der Waals surface area contributed by atoms with Crippen LogP contribution in [-0.4, -0.2) is 33.9 Å². The number of carbonyl (C=O) groups is 1. The number of hydrogen-bond donors (Lipinski definition) is 2. The summed E-state index contributed by atoms with van der Waals surface area (Å²) in [4.78, 5) is 33.6. The van der Waals surface area contributed by atoms with Gasteiger partial charge in [0, 0.05) is 25.0 Å². The van der Waals surface area contributed by atoms with E-state index in [9.17, 15) is 9.59 Å². The second-order valence-electron chi connectivity index (χ2n) is 4.55. The predicted molar refractivity (Wildman–Crippen MR) is 80.5 cm³/mol. The maximum atomic E-state index is 11.5. The van der Waals surface area contributed by atoms with Crippen LogP contribution in [0.15, 0.2) is 32.7 Å². The van der Waals surface area contributed by atoms with Gasteiger partial charge in [-0.05, 0) is 18.9 Å². The van der Waals surface area contributed by atoms with Crippen molar-refractivity contribution in [3.8, 4) is 0 Å². The average molecular weight is 292 g/mol. The van der Waals surface area contributed by atoms with Gasteiger partial charge in [0.2, 0.25) is 5.91 Å². The van der Waals surface area contributed by atoms with E-state index in [0.29, 0.717) is 17.0 Å². The maximum absolute atomic E-state index is 11.5. The van der Waals surface area contributed by atoms with Gasteiger partial charge in [-0.3, -0.25) is 14.6 Å². The number of H-pyrrole nitrogens is 1. The zero-order valence-electron chi connectivity index (χ0n) is 11.3. The molecule has 0 spiro atoms. The van der Waals surface area contributed by atoms with Gasteiger partial charge < -0.3 is 10.3 Å². The number of aliphatic imine (C=N–C) groups is 1. The van der Waals surface area contributed by atoms with Crippen LogP contribution in [0.5, 0.6) is 0 Å². The van der Waals surface area contributed by atoms with Crippen molar-refractivity contribution in [3.63, 3.8) is 0 Å². The van der Waals surface area contributed by atoms with Crippen LogP contribution in [0.3, 0.4) is 0 Å². The van der Waals surface area contributed by atoms with Crippen molar-refractivity contribution in [2.24, 2.45) is 4.99 Å². The number of carbonyl (C=O) groups excluding carboxylic acids is 1. The van der Waals surface area contributed by atoms with Crippen LogP contribution in [0.25, 0.3) is 0 Å². The molecule has 1 unspecified atom stereocenters. The molecule has 1 aromatic heterocycles. The minimum Gasteiger partial charge on any atom is -0.311 e. The summed E-state index contributed by atoms with van der Waals surface area (Å²) >= 11 is 1.41. The lowest BCUT2D eigenvalue weighted by atomic mass is 10.1. The van der Waals surface area contributed by atoms with Gasteiger partial charge in [0.15, 0.2) is 5.16 Å². The molecule has 2 rings (SSSR count). The molecule has 20 heavy (non-hydrogen) atoms. The summed E-state index contributed by atoms with van der Waals surface area (Å²) < 4.78 is 0. The Morgan fingerprint density at radius 1 is 1.60 bits per heavy atom. The lowest BCUT2D eigenvalue weighted by Gasteiger charge is -2.10. The highest BCUT2D eigenvalue weighted by Gasteiger charge is 2.07. The van der Waals surface area contributed by atoms with Gasteiger partial charge in [0.25, 0.3) is 5.56 Å². The molecule has 0 saturated heterocycles. The second kappa shape index (κ2) is 6.51. The number of amides is 1. The second-order valence-corrected chi connectivity index (χ2v) is 5.51. The minimum absolute atomic E-state index is 0.254. The topological polar surface area (TPSA) is 87.2 Å². The number of thioether (sulfide) groups is 1. The molecule has 2 N–H and O–H groups in total. The normalized spacial score (nSPS) is 17.7. The highest BCUT2D eigenvalue weighted by Crippen LogP contribution is 2.18. The maximum Gasteiger partial charge on any atom is 0.253 e. The molecule has 0 aromatic carbocycles. The Hall–Kier alpha value is -1.89. The molecule has 6 nitrogen and oxygen atoms in total. The molecule has 1 atom stereocenters. The Morgan fingerprint density at radius 2 is 2.40 bits per heavy atom. The van der Waals surface area contributed by atoms with Crippen molar-refractivity contribution in [3.05, 3.63) is 28.1 Å². The van der Waals surface area contributed by atoms with E-state index < -0.39 is 0 Å². The lowest BCUT2D eigenvalue weighted by Crippen LogP contribution is -2.14. The van der Waals surface area contributed by atoms with Gasteiger partial charge in [-0.25, -0.2) is 4.98 Å². The Bertz CT molecular complexity index is 621. The van der Waals surface area contributed by atoms with Crippen molar-refractivity contribution in [1.29, 1.82) is 0 Å². The summed E-state index contributed by atoms with van der Waals surface area (Å²) in [6, 6.07) is 1.60. The number of rotatable bonds is 4. The van der Waals surface area contributed by atoms with Crippen molar-refractivity contribution >= 4 is 29.7 Å². The SMILES string of the molecule is CC(=O)Nc1cc(=O)[nH]c(SCC2=CCC(C)N=C2)n1. The van der Waals surface area contributed by atoms with Crippen LogP contribution in [0.1, 0.15) is 20.3 Å². The molecule has 1 aromatic rings. The van der Waals surface area contributed by atoms with E-state index >= 15 is 0 Å². The van der Waals surface area contributed by atoms with E-state index in [4.69, 9.17) is 0 Å². The molecule has 1 amide bonds. The number of nitrogens with zero attached hydrogens (tertiary/aromatic N) is 2. The standard InChI is InChI=1S/C13H16N4O2S/c1-8-3-4-10(6-14-8)7-20-13-16-11(15-9(2)18)5-12(19)17-13/h4-6,8H,3,7H2,1-2H3,(H2,15,16,17,18,19). The Morgan fingerprint density at radius 3 is 3.05 bits per heavy atom. The fraction of sp³-hybridized carbons (Fsp3) is 0.385. The van der Waals surface area contributed by atoms with Crippen LogP contribution < -0.4 is 10.9 Å². The van der Waals surface area contributed by atoms with E-state index in [1.54, 1.807) is 0 Å². The average Bonchev–Trinajstić information content (AvgIpc) is 2.36. The summed E-state index contributed by atoms with van der Waals surface area (Å²) in [5, 5.41) is 2.99. The number of anilines is 1. The summed E-state index contributed by atoms with van der Waals surface area (Å²) in [6.07, 6.45) is 4.93. The molecule has 106 valence electrons. The summed E-state index contributed by atoms with van der Waals surface area (Å²) in [7, 11) is 0. The third kappa shape index (κ3) is 4.34.